The maximum atomic E-state index is 11.8. The number of nitrogens with zero attached hydrogens (tertiary/aromatic N) is 1. The molecule has 116 valence electrons. The summed E-state index contributed by atoms with van der Waals surface area (Å²) in [4.78, 5) is 16.2. The van der Waals surface area contributed by atoms with Crippen LogP contribution in [-0.4, -0.2) is 36.2 Å². The van der Waals surface area contributed by atoms with E-state index < -0.39 is 0 Å². The van der Waals surface area contributed by atoms with Gasteiger partial charge in [0, 0.05) is 24.9 Å². The van der Waals surface area contributed by atoms with E-state index in [0.717, 1.165) is 30.0 Å². The topological polar surface area (TPSA) is 77.2 Å². The number of halogens is 2. The molecule has 2 heterocycles. The minimum Gasteiger partial charge on any atom is -0.364 e. The predicted molar refractivity (Wildman–Crippen MR) is 85.0 cm³/mol. The zero-order chi connectivity index (χ0) is 13.0. The number of nitrogens with one attached hydrogen (secondary N) is 1. The summed E-state index contributed by atoms with van der Waals surface area (Å²) in [7, 11) is 0. The van der Waals surface area contributed by atoms with E-state index in [4.69, 9.17) is 10.5 Å². The first-order chi connectivity index (χ1) is 8.69. The highest BCUT2D eigenvalue weighted by Gasteiger charge is 2.29. The largest absolute Gasteiger partial charge is 0.364 e. The van der Waals surface area contributed by atoms with Crippen molar-refractivity contribution in [3.63, 3.8) is 0 Å². The smallest absolute Gasteiger partial charge is 0.249 e. The number of amides is 1. The Kier molecular flexibility index (Phi) is 9.33. The summed E-state index contributed by atoms with van der Waals surface area (Å²) in [5, 5.41) is 5.97. The molecule has 3 N–H and O–H groups in total. The standard InChI is InChI=1S/C12H19N3O2S.2ClH/c1-8-15-9(7-18-8)4-5-14-12(16)11-3-2-10(6-13)17-11;;/h7,10-11H,2-6,13H2,1H3,(H,14,16);2*1H/t10-,11+;;/m1../s1. The summed E-state index contributed by atoms with van der Waals surface area (Å²) >= 11 is 1.63. The number of aromatic nitrogens is 1. The Bertz CT molecular complexity index is 417. The third-order valence-electron chi connectivity index (χ3n) is 3.01. The van der Waals surface area contributed by atoms with Crippen LogP contribution in [0.4, 0.5) is 0 Å². The second-order valence-corrected chi connectivity index (χ2v) is 5.52. The van der Waals surface area contributed by atoms with Gasteiger partial charge in [-0.1, -0.05) is 0 Å². The van der Waals surface area contributed by atoms with Crippen molar-refractivity contribution in [2.24, 2.45) is 5.73 Å². The van der Waals surface area contributed by atoms with E-state index in [0.29, 0.717) is 13.1 Å². The van der Waals surface area contributed by atoms with E-state index in [1.807, 2.05) is 12.3 Å². The summed E-state index contributed by atoms with van der Waals surface area (Å²) < 4.78 is 5.53. The minimum atomic E-state index is -0.323. The normalized spacial score (nSPS) is 20.9. The molecule has 20 heavy (non-hydrogen) atoms. The van der Waals surface area contributed by atoms with Crippen molar-refractivity contribution >= 4 is 42.1 Å². The fraction of sp³-hybridized carbons (Fsp3) is 0.667. The van der Waals surface area contributed by atoms with Gasteiger partial charge in [0.1, 0.15) is 6.10 Å². The Morgan fingerprint density at radius 3 is 2.85 bits per heavy atom. The number of carbonyl (C=O) groups excluding carboxylic acids is 1. The summed E-state index contributed by atoms with van der Waals surface area (Å²) in [6.07, 6.45) is 2.13. The zero-order valence-electron chi connectivity index (χ0n) is 11.3. The molecule has 0 aromatic carbocycles. The van der Waals surface area contributed by atoms with E-state index >= 15 is 0 Å². The highest BCUT2D eigenvalue weighted by atomic mass is 35.5. The van der Waals surface area contributed by atoms with Gasteiger partial charge < -0.3 is 15.8 Å². The van der Waals surface area contributed by atoms with Crippen molar-refractivity contribution in [2.75, 3.05) is 13.1 Å². The number of aryl methyl sites for hydroxylation is 1. The zero-order valence-corrected chi connectivity index (χ0v) is 13.8. The molecule has 1 aliphatic heterocycles. The van der Waals surface area contributed by atoms with Crippen molar-refractivity contribution in [3.05, 3.63) is 16.1 Å². The summed E-state index contributed by atoms with van der Waals surface area (Å²) in [6.45, 7) is 3.07. The molecule has 0 radical (unpaired) electrons. The van der Waals surface area contributed by atoms with Crippen LogP contribution in [0.1, 0.15) is 23.5 Å². The van der Waals surface area contributed by atoms with Gasteiger partial charge in [-0.25, -0.2) is 4.98 Å². The Balaban J connectivity index is 0.00000180. The molecule has 1 saturated heterocycles. The van der Waals surface area contributed by atoms with E-state index in [9.17, 15) is 4.79 Å². The van der Waals surface area contributed by atoms with Crippen LogP contribution in [0.3, 0.4) is 0 Å². The highest BCUT2D eigenvalue weighted by Crippen LogP contribution is 2.18. The molecule has 0 saturated carbocycles. The van der Waals surface area contributed by atoms with Gasteiger partial charge in [-0.15, -0.1) is 36.2 Å². The molecule has 2 atom stereocenters. The van der Waals surface area contributed by atoms with E-state index in [-0.39, 0.29) is 42.9 Å². The van der Waals surface area contributed by atoms with Crippen LogP contribution in [0.25, 0.3) is 0 Å². The molecule has 5 nitrogen and oxygen atoms in total. The third-order valence-corrected chi connectivity index (χ3v) is 3.83. The monoisotopic (exact) mass is 341 g/mol. The van der Waals surface area contributed by atoms with E-state index in [1.165, 1.54) is 0 Å². The molecule has 0 bridgehead atoms. The van der Waals surface area contributed by atoms with Crippen LogP contribution in [0.5, 0.6) is 0 Å². The minimum absolute atomic E-state index is 0. The van der Waals surface area contributed by atoms with Gasteiger partial charge in [0.15, 0.2) is 0 Å². The van der Waals surface area contributed by atoms with Crippen LogP contribution >= 0.6 is 36.2 Å². The molecule has 0 aliphatic carbocycles. The maximum absolute atomic E-state index is 11.8. The quantitative estimate of drug-likeness (QED) is 0.849. The number of ether oxygens (including phenoxy) is 1. The van der Waals surface area contributed by atoms with Crippen molar-refractivity contribution in [1.29, 1.82) is 0 Å². The lowest BCUT2D eigenvalue weighted by Gasteiger charge is -2.12. The molecule has 1 aliphatic rings. The van der Waals surface area contributed by atoms with Gasteiger partial charge in [0.05, 0.1) is 16.8 Å². The molecule has 1 aromatic heterocycles. The second-order valence-electron chi connectivity index (χ2n) is 4.46. The molecular formula is C12H21Cl2N3O2S. The van der Waals surface area contributed by atoms with Crippen LogP contribution in [-0.2, 0) is 16.0 Å². The van der Waals surface area contributed by atoms with Gasteiger partial charge in [-0.3, -0.25) is 4.79 Å². The van der Waals surface area contributed by atoms with Crippen molar-refractivity contribution in [3.8, 4) is 0 Å². The number of nitrogens with two attached hydrogens (primary N) is 1. The average molecular weight is 342 g/mol. The first kappa shape index (κ1) is 19.6. The van der Waals surface area contributed by atoms with Gasteiger partial charge in [-0.05, 0) is 19.8 Å². The fourth-order valence-corrected chi connectivity index (χ4v) is 2.67. The van der Waals surface area contributed by atoms with Gasteiger partial charge in [0.25, 0.3) is 0 Å². The Morgan fingerprint density at radius 1 is 1.55 bits per heavy atom. The molecular weight excluding hydrogens is 321 g/mol. The molecule has 1 aromatic rings. The summed E-state index contributed by atoms with van der Waals surface area (Å²) in [5.74, 6) is -0.0297. The maximum Gasteiger partial charge on any atom is 0.249 e. The number of thiazole rings is 1. The molecule has 2 rings (SSSR count). The first-order valence-electron chi connectivity index (χ1n) is 6.23. The second kappa shape index (κ2) is 9.52. The fourth-order valence-electron chi connectivity index (χ4n) is 2.02. The van der Waals surface area contributed by atoms with E-state index in [1.54, 1.807) is 11.3 Å². The van der Waals surface area contributed by atoms with Crippen molar-refractivity contribution < 1.29 is 9.53 Å². The number of hydrogen-bond acceptors (Lipinski definition) is 5. The summed E-state index contributed by atoms with van der Waals surface area (Å²) in [5.41, 5.74) is 6.54. The molecule has 1 amide bonds. The Hall–Kier alpha value is -0.400. The number of rotatable bonds is 5. The summed E-state index contributed by atoms with van der Waals surface area (Å²) in [6, 6.07) is 0. The average Bonchev–Trinajstić information content (AvgIpc) is 2.98. The molecule has 8 heteroatoms. The Labute approximate surface area is 135 Å². The van der Waals surface area contributed by atoms with Crippen LogP contribution in [0.15, 0.2) is 5.38 Å². The SMILES string of the molecule is Cc1nc(CCNC(=O)[C@@H]2CC[C@H](CN)O2)cs1.Cl.Cl. The predicted octanol–water partition coefficient (Wildman–Crippen LogP) is 1.46. The number of hydrogen-bond donors (Lipinski definition) is 2. The van der Waals surface area contributed by atoms with Crippen molar-refractivity contribution in [2.45, 2.75) is 38.4 Å². The highest BCUT2D eigenvalue weighted by molar-refractivity contribution is 7.09. The molecule has 0 unspecified atom stereocenters. The van der Waals surface area contributed by atoms with E-state index in [2.05, 4.69) is 10.3 Å². The molecule has 0 spiro atoms. The lowest BCUT2D eigenvalue weighted by Crippen LogP contribution is -2.36. The first-order valence-corrected chi connectivity index (χ1v) is 7.11. The lowest BCUT2D eigenvalue weighted by molar-refractivity contribution is -0.131. The van der Waals surface area contributed by atoms with Crippen LogP contribution in [0.2, 0.25) is 0 Å². The Morgan fingerprint density at radius 2 is 2.30 bits per heavy atom. The van der Waals surface area contributed by atoms with Crippen molar-refractivity contribution in [1.82, 2.24) is 10.3 Å². The van der Waals surface area contributed by atoms with Gasteiger partial charge in [-0.2, -0.15) is 0 Å². The van der Waals surface area contributed by atoms with Crippen LogP contribution < -0.4 is 11.1 Å². The molecule has 1 fully saturated rings. The van der Waals surface area contributed by atoms with Gasteiger partial charge in [0.2, 0.25) is 5.91 Å². The third kappa shape index (κ3) is 5.54. The lowest BCUT2D eigenvalue weighted by atomic mass is 10.2. The van der Waals surface area contributed by atoms with Gasteiger partial charge >= 0.3 is 0 Å². The number of carbonyl (C=O) groups is 1. The van der Waals surface area contributed by atoms with Crippen LogP contribution in [0, 0.1) is 6.92 Å².